The molecule has 1 aliphatic rings. The van der Waals surface area contributed by atoms with Gasteiger partial charge in [-0.25, -0.2) is 18.6 Å². The summed E-state index contributed by atoms with van der Waals surface area (Å²) in [6, 6.07) is 5.67. The van der Waals surface area contributed by atoms with E-state index < -0.39 is 42.4 Å². The standard InChI is InChI=1S/C26H26F4N4O6/c1-12(38-26(32)36)22-21(23(35)33-18(10-31)16-6-5-15(27)9-17(16)28)34-24(40-22)14-4-7-19(39-25(29)30)20(8-14)37-11-13-2-3-13/h4-9,12-13,18,25H,2-3,10-11,31H2,1H3,(H2,32,36)(H,33,35). The lowest BCUT2D eigenvalue weighted by Gasteiger charge is -2.18. The lowest BCUT2D eigenvalue weighted by Crippen LogP contribution is -2.35. The number of hydrogen-bond donors (Lipinski definition) is 3. The first kappa shape index (κ1) is 28.7. The first-order valence-corrected chi connectivity index (χ1v) is 12.2. The van der Waals surface area contributed by atoms with Crippen LogP contribution in [0.5, 0.6) is 11.5 Å². The Labute approximate surface area is 225 Å². The minimum atomic E-state index is -3.09. The van der Waals surface area contributed by atoms with Gasteiger partial charge in [0.2, 0.25) is 5.89 Å². The number of amides is 2. The number of oxazole rings is 1. The van der Waals surface area contributed by atoms with Crippen molar-refractivity contribution < 1.29 is 45.8 Å². The number of rotatable bonds is 12. The monoisotopic (exact) mass is 566 g/mol. The number of nitrogens with two attached hydrogens (primary N) is 2. The molecular formula is C26H26F4N4O6. The predicted molar refractivity (Wildman–Crippen MR) is 131 cm³/mol. The minimum Gasteiger partial charge on any atom is -0.489 e. The summed E-state index contributed by atoms with van der Waals surface area (Å²) in [5.74, 6) is -2.88. The summed E-state index contributed by atoms with van der Waals surface area (Å²) in [7, 11) is 0. The summed E-state index contributed by atoms with van der Waals surface area (Å²) in [6.45, 7) is -1.69. The van der Waals surface area contributed by atoms with Gasteiger partial charge in [0.15, 0.2) is 29.1 Å². The van der Waals surface area contributed by atoms with Crippen LogP contribution in [0.15, 0.2) is 40.8 Å². The second-order valence-corrected chi connectivity index (χ2v) is 9.03. The Morgan fingerprint density at radius 3 is 2.52 bits per heavy atom. The van der Waals surface area contributed by atoms with Crippen LogP contribution in [0.2, 0.25) is 0 Å². The molecule has 0 saturated heterocycles. The van der Waals surface area contributed by atoms with Crippen molar-refractivity contribution in [1.82, 2.24) is 10.3 Å². The Balaban J connectivity index is 1.68. The second kappa shape index (κ2) is 12.2. The van der Waals surface area contributed by atoms with E-state index in [4.69, 9.17) is 25.4 Å². The molecule has 0 radical (unpaired) electrons. The van der Waals surface area contributed by atoms with E-state index >= 15 is 0 Å². The fourth-order valence-corrected chi connectivity index (χ4v) is 3.84. The highest BCUT2D eigenvalue weighted by molar-refractivity contribution is 5.94. The molecule has 0 spiro atoms. The first-order valence-electron chi connectivity index (χ1n) is 12.2. The predicted octanol–water partition coefficient (Wildman–Crippen LogP) is 4.60. The number of primary amides is 1. The van der Waals surface area contributed by atoms with Crippen molar-refractivity contribution in [2.24, 2.45) is 17.4 Å². The number of aromatic nitrogens is 1. The van der Waals surface area contributed by atoms with Gasteiger partial charge in [-0.15, -0.1) is 0 Å². The largest absolute Gasteiger partial charge is 0.489 e. The molecule has 1 heterocycles. The van der Waals surface area contributed by atoms with Gasteiger partial charge in [-0.3, -0.25) is 4.79 Å². The van der Waals surface area contributed by atoms with Gasteiger partial charge >= 0.3 is 12.7 Å². The van der Waals surface area contributed by atoms with Crippen molar-refractivity contribution >= 4 is 12.0 Å². The third kappa shape index (κ3) is 7.00. The first-order chi connectivity index (χ1) is 19.0. The molecule has 0 aliphatic heterocycles. The van der Waals surface area contributed by atoms with Crippen LogP contribution >= 0.6 is 0 Å². The Morgan fingerprint density at radius 1 is 1.15 bits per heavy atom. The molecule has 14 heteroatoms. The van der Waals surface area contributed by atoms with Crippen LogP contribution < -0.4 is 26.3 Å². The van der Waals surface area contributed by atoms with Gasteiger partial charge in [-0.05, 0) is 49.9 Å². The zero-order valence-electron chi connectivity index (χ0n) is 21.2. The molecule has 1 fully saturated rings. The average Bonchev–Trinajstić information content (AvgIpc) is 3.61. The molecule has 1 aromatic heterocycles. The van der Waals surface area contributed by atoms with Gasteiger partial charge in [0.25, 0.3) is 5.91 Å². The molecular weight excluding hydrogens is 540 g/mol. The smallest absolute Gasteiger partial charge is 0.405 e. The lowest BCUT2D eigenvalue weighted by atomic mass is 10.1. The van der Waals surface area contributed by atoms with Crippen LogP contribution in [-0.4, -0.2) is 36.7 Å². The number of carbonyl (C=O) groups excluding carboxylic acids is 2. The number of nitrogens with zero attached hydrogens (tertiary/aromatic N) is 1. The van der Waals surface area contributed by atoms with Crippen LogP contribution in [-0.2, 0) is 4.74 Å². The summed E-state index contributed by atoms with van der Waals surface area (Å²) in [5, 5.41) is 2.51. The Bertz CT molecular complexity index is 1380. The fraction of sp³-hybridized carbons (Fsp3) is 0.346. The van der Waals surface area contributed by atoms with Crippen LogP contribution in [0.1, 0.15) is 53.7 Å². The summed E-state index contributed by atoms with van der Waals surface area (Å²) in [4.78, 5) is 28.9. The zero-order valence-corrected chi connectivity index (χ0v) is 21.2. The maximum atomic E-state index is 14.4. The van der Waals surface area contributed by atoms with E-state index in [0.29, 0.717) is 12.0 Å². The van der Waals surface area contributed by atoms with E-state index in [2.05, 4.69) is 15.0 Å². The zero-order chi connectivity index (χ0) is 29.0. The Morgan fingerprint density at radius 2 is 1.90 bits per heavy atom. The molecule has 1 aliphatic carbocycles. The Hall–Kier alpha value is -4.33. The maximum Gasteiger partial charge on any atom is 0.405 e. The third-order valence-electron chi connectivity index (χ3n) is 5.99. The third-order valence-corrected chi connectivity index (χ3v) is 5.99. The van der Waals surface area contributed by atoms with Crippen molar-refractivity contribution in [1.29, 1.82) is 0 Å². The molecule has 4 rings (SSSR count). The molecule has 2 unspecified atom stereocenters. The Kier molecular flexibility index (Phi) is 8.77. The molecule has 2 amide bonds. The van der Waals surface area contributed by atoms with Crippen LogP contribution in [0.4, 0.5) is 22.4 Å². The van der Waals surface area contributed by atoms with Gasteiger partial charge < -0.3 is 35.4 Å². The quantitative estimate of drug-likeness (QED) is 0.269. The normalized spacial score (nSPS) is 14.5. The molecule has 10 nitrogen and oxygen atoms in total. The molecule has 1 saturated carbocycles. The molecule has 5 N–H and O–H groups in total. The van der Waals surface area contributed by atoms with E-state index in [-0.39, 0.29) is 53.1 Å². The highest BCUT2D eigenvalue weighted by Crippen LogP contribution is 2.37. The minimum absolute atomic E-state index is 0.00636. The van der Waals surface area contributed by atoms with Gasteiger partial charge in [0, 0.05) is 23.7 Å². The molecule has 40 heavy (non-hydrogen) atoms. The number of alkyl halides is 2. The number of nitrogens with one attached hydrogen (secondary N) is 1. The van der Waals surface area contributed by atoms with Crippen LogP contribution in [0.25, 0.3) is 11.5 Å². The van der Waals surface area contributed by atoms with Crippen molar-refractivity contribution in [3.8, 4) is 23.0 Å². The van der Waals surface area contributed by atoms with E-state index in [1.165, 1.54) is 25.1 Å². The number of benzene rings is 2. The summed E-state index contributed by atoms with van der Waals surface area (Å²) in [6.07, 6.45) is -0.439. The number of carbonyl (C=O) groups is 2. The summed E-state index contributed by atoms with van der Waals surface area (Å²) >= 11 is 0. The molecule has 2 aromatic carbocycles. The molecule has 214 valence electrons. The van der Waals surface area contributed by atoms with Crippen molar-refractivity contribution in [3.05, 3.63) is 65.1 Å². The van der Waals surface area contributed by atoms with Gasteiger partial charge in [-0.1, -0.05) is 6.07 Å². The van der Waals surface area contributed by atoms with E-state index in [9.17, 15) is 27.2 Å². The molecule has 2 atom stereocenters. The number of ether oxygens (including phenoxy) is 3. The van der Waals surface area contributed by atoms with Crippen LogP contribution in [0.3, 0.4) is 0 Å². The highest BCUT2D eigenvalue weighted by atomic mass is 19.3. The molecule has 3 aromatic rings. The maximum absolute atomic E-state index is 14.4. The number of hydrogen-bond acceptors (Lipinski definition) is 8. The SMILES string of the molecule is CC(OC(N)=O)c1oc(-c2ccc(OC(F)F)c(OCC3CC3)c2)nc1C(=O)NC(CN)c1ccc(F)cc1F. The lowest BCUT2D eigenvalue weighted by molar-refractivity contribution is -0.0515. The van der Waals surface area contributed by atoms with Crippen molar-refractivity contribution in [2.75, 3.05) is 13.2 Å². The number of halogens is 4. The average molecular weight is 567 g/mol. The van der Waals surface area contributed by atoms with E-state index in [1.54, 1.807) is 0 Å². The van der Waals surface area contributed by atoms with Crippen molar-refractivity contribution in [3.63, 3.8) is 0 Å². The summed E-state index contributed by atoms with van der Waals surface area (Å²) in [5.41, 5.74) is 10.6. The molecule has 0 bridgehead atoms. The van der Waals surface area contributed by atoms with Crippen molar-refractivity contribution in [2.45, 2.75) is 38.5 Å². The van der Waals surface area contributed by atoms with Gasteiger partial charge in [-0.2, -0.15) is 8.78 Å². The van der Waals surface area contributed by atoms with Gasteiger partial charge in [0.05, 0.1) is 12.6 Å². The topological polar surface area (TPSA) is 152 Å². The fourth-order valence-electron chi connectivity index (χ4n) is 3.84. The van der Waals surface area contributed by atoms with Crippen LogP contribution in [0, 0.1) is 17.6 Å². The second-order valence-electron chi connectivity index (χ2n) is 9.03. The van der Waals surface area contributed by atoms with Gasteiger partial charge in [0.1, 0.15) is 11.6 Å². The van der Waals surface area contributed by atoms with E-state index in [0.717, 1.165) is 25.0 Å². The highest BCUT2D eigenvalue weighted by Gasteiger charge is 2.30. The summed E-state index contributed by atoms with van der Waals surface area (Å²) < 4.78 is 74.5. The van der Waals surface area contributed by atoms with E-state index in [1.807, 2.05) is 0 Å².